The molecule has 1 rings (SSSR count). The van der Waals surface area contributed by atoms with Gasteiger partial charge in [-0.1, -0.05) is 24.6 Å². The first-order chi connectivity index (χ1) is 7.85. The minimum absolute atomic E-state index is 0.239. The van der Waals surface area contributed by atoms with Gasteiger partial charge >= 0.3 is 6.18 Å². The highest BCUT2D eigenvalue weighted by atomic mass is 35.5. The summed E-state index contributed by atoms with van der Waals surface area (Å²) in [7, 11) is 0. The maximum atomic E-state index is 12.5. The SMILES string of the molecule is CCCN(CC(F)(F)F)c1c(N)cccc1Cl. The Morgan fingerprint density at radius 3 is 2.47 bits per heavy atom. The summed E-state index contributed by atoms with van der Waals surface area (Å²) in [6.07, 6.45) is -3.69. The minimum Gasteiger partial charge on any atom is -0.397 e. The molecule has 0 saturated heterocycles. The van der Waals surface area contributed by atoms with Crippen LogP contribution in [-0.2, 0) is 0 Å². The van der Waals surface area contributed by atoms with E-state index in [4.69, 9.17) is 17.3 Å². The lowest BCUT2D eigenvalue weighted by atomic mass is 10.2. The van der Waals surface area contributed by atoms with Gasteiger partial charge in [0.05, 0.1) is 16.4 Å². The van der Waals surface area contributed by atoms with Crippen LogP contribution < -0.4 is 10.6 Å². The molecule has 0 aliphatic heterocycles. The molecule has 17 heavy (non-hydrogen) atoms. The maximum absolute atomic E-state index is 12.5. The summed E-state index contributed by atoms with van der Waals surface area (Å²) in [5.41, 5.74) is 6.20. The topological polar surface area (TPSA) is 29.3 Å². The van der Waals surface area contributed by atoms with E-state index in [1.54, 1.807) is 19.1 Å². The fourth-order valence-corrected chi connectivity index (χ4v) is 1.92. The molecular weight excluding hydrogens is 253 g/mol. The Balaban J connectivity index is 3.05. The molecular formula is C11H14ClF3N2. The monoisotopic (exact) mass is 266 g/mol. The molecule has 0 amide bonds. The van der Waals surface area contributed by atoms with Crippen molar-refractivity contribution in [3.05, 3.63) is 23.2 Å². The maximum Gasteiger partial charge on any atom is 0.405 e. The number of nitrogen functional groups attached to an aromatic ring is 1. The number of hydrogen-bond donors (Lipinski definition) is 1. The fraction of sp³-hybridized carbons (Fsp3) is 0.455. The van der Waals surface area contributed by atoms with Crippen molar-refractivity contribution in [1.29, 1.82) is 0 Å². The zero-order valence-corrected chi connectivity index (χ0v) is 10.1. The predicted molar refractivity (Wildman–Crippen MR) is 64.4 cm³/mol. The molecule has 2 N–H and O–H groups in total. The van der Waals surface area contributed by atoms with Crippen LogP contribution in [0.2, 0.25) is 5.02 Å². The molecule has 0 fully saturated rings. The summed E-state index contributed by atoms with van der Waals surface area (Å²) in [5, 5.41) is 0.239. The molecule has 1 aromatic rings. The highest BCUT2D eigenvalue weighted by Crippen LogP contribution is 2.33. The molecule has 0 aromatic heterocycles. The largest absolute Gasteiger partial charge is 0.405 e. The van der Waals surface area contributed by atoms with Gasteiger partial charge in [-0.3, -0.25) is 0 Å². The van der Waals surface area contributed by atoms with E-state index in [1.807, 2.05) is 0 Å². The van der Waals surface area contributed by atoms with Gasteiger partial charge in [0.1, 0.15) is 6.54 Å². The molecule has 2 nitrogen and oxygen atoms in total. The third kappa shape index (κ3) is 4.00. The van der Waals surface area contributed by atoms with Gasteiger partial charge in [-0.05, 0) is 18.6 Å². The quantitative estimate of drug-likeness (QED) is 0.842. The van der Waals surface area contributed by atoms with E-state index >= 15 is 0 Å². The van der Waals surface area contributed by atoms with E-state index in [0.717, 1.165) is 4.90 Å². The second-order valence-electron chi connectivity index (χ2n) is 3.71. The van der Waals surface area contributed by atoms with E-state index in [9.17, 15) is 13.2 Å². The minimum atomic E-state index is -4.28. The molecule has 0 atom stereocenters. The molecule has 0 saturated carbocycles. The second kappa shape index (κ2) is 5.49. The van der Waals surface area contributed by atoms with Crippen LogP contribution in [0.25, 0.3) is 0 Å². The summed E-state index contributed by atoms with van der Waals surface area (Å²) in [6.45, 7) is 1.01. The number of hydrogen-bond acceptors (Lipinski definition) is 2. The first kappa shape index (κ1) is 14.0. The van der Waals surface area contributed by atoms with Crippen molar-refractivity contribution in [2.24, 2.45) is 0 Å². The highest BCUT2D eigenvalue weighted by Gasteiger charge is 2.31. The summed E-state index contributed by atoms with van der Waals surface area (Å²) >= 11 is 5.90. The number of anilines is 2. The van der Waals surface area contributed by atoms with Crippen LogP contribution in [-0.4, -0.2) is 19.3 Å². The lowest BCUT2D eigenvalue weighted by Gasteiger charge is -2.27. The normalized spacial score (nSPS) is 11.6. The number of halogens is 4. The van der Waals surface area contributed by atoms with E-state index < -0.39 is 12.7 Å². The van der Waals surface area contributed by atoms with Crippen LogP contribution in [0.1, 0.15) is 13.3 Å². The zero-order valence-electron chi connectivity index (χ0n) is 9.39. The fourth-order valence-electron chi connectivity index (χ4n) is 1.62. The molecule has 96 valence electrons. The number of para-hydroxylation sites is 1. The van der Waals surface area contributed by atoms with Crippen LogP contribution in [0.5, 0.6) is 0 Å². The first-order valence-electron chi connectivity index (χ1n) is 5.21. The summed E-state index contributed by atoms with van der Waals surface area (Å²) in [6, 6.07) is 4.69. The molecule has 0 radical (unpaired) electrons. The zero-order chi connectivity index (χ0) is 13.1. The average molecular weight is 267 g/mol. The molecule has 6 heteroatoms. The summed E-state index contributed by atoms with van der Waals surface area (Å²) < 4.78 is 37.4. The van der Waals surface area contributed by atoms with Crippen molar-refractivity contribution in [2.75, 3.05) is 23.7 Å². The van der Waals surface area contributed by atoms with Crippen molar-refractivity contribution >= 4 is 23.0 Å². The number of benzene rings is 1. The van der Waals surface area contributed by atoms with Crippen molar-refractivity contribution in [3.63, 3.8) is 0 Å². The van der Waals surface area contributed by atoms with Crippen LogP contribution in [0.4, 0.5) is 24.5 Å². The Hall–Kier alpha value is -1.10. The third-order valence-electron chi connectivity index (χ3n) is 2.20. The number of alkyl halides is 3. The van der Waals surface area contributed by atoms with E-state index in [2.05, 4.69) is 0 Å². The number of nitrogens with zero attached hydrogens (tertiary/aromatic N) is 1. The summed E-state index contributed by atoms with van der Waals surface area (Å²) in [5.74, 6) is 0. The number of nitrogens with two attached hydrogens (primary N) is 1. The van der Waals surface area contributed by atoms with Crippen molar-refractivity contribution in [2.45, 2.75) is 19.5 Å². The Morgan fingerprint density at radius 2 is 2.00 bits per heavy atom. The van der Waals surface area contributed by atoms with Crippen molar-refractivity contribution in [1.82, 2.24) is 0 Å². The van der Waals surface area contributed by atoms with Gasteiger partial charge in [-0.25, -0.2) is 0 Å². The van der Waals surface area contributed by atoms with Crippen LogP contribution in [0.15, 0.2) is 18.2 Å². The predicted octanol–water partition coefficient (Wildman–Crippen LogP) is 3.70. The van der Waals surface area contributed by atoms with Crippen molar-refractivity contribution < 1.29 is 13.2 Å². The lowest BCUT2D eigenvalue weighted by Crippen LogP contribution is -2.35. The van der Waals surface area contributed by atoms with Crippen LogP contribution in [0.3, 0.4) is 0 Å². The Kier molecular flexibility index (Phi) is 4.51. The highest BCUT2D eigenvalue weighted by molar-refractivity contribution is 6.34. The van der Waals surface area contributed by atoms with Crippen molar-refractivity contribution in [3.8, 4) is 0 Å². The lowest BCUT2D eigenvalue weighted by molar-refractivity contribution is -0.119. The van der Waals surface area contributed by atoms with Gasteiger partial charge in [0, 0.05) is 6.54 Å². The first-order valence-corrected chi connectivity index (χ1v) is 5.58. The van der Waals surface area contributed by atoms with E-state index in [-0.39, 0.29) is 22.9 Å². The molecule has 0 aliphatic rings. The van der Waals surface area contributed by atoms with Crippen LogP contribution in [0, 0.1) is 0 Å². The van der Waals surface area contributed by atoms with Gasteiger partial charge in [0.2, 0.25) is 0 Å². The molecule has 0 bridgehead atoms. The van der Waals surface area contributed by atoms with Gasteiger partial charge in [-0.2, -0.15) is 13.2 Å². The third-order valence-corrected chi connectivity index (χ3v) is 2.50. The van der Waals surface area contributed by atoms with E-state index in [0.29, 0.717) is 6.42 Å². The Labute approximate surface area is 103 Å². The molecule has 1 aromatic carbocycles. The molecule has 0 unspecified atom stereocenters. The molecule has 0 spiro atoms. The standard InChI is InChI=1S/C11H14ClF3N2/c1-2-6-17(7-11(13,14)15)10-8(12)4-3-5-9(10)16/h3-5H,2,6-7,16H2,1H3. The summed E-state index contributed by atoms with van der Waals surface area (Å²) in [4.78, 5) is 1.16. The van der Waals surface area contributed by atoms with Gasteiger partial charge in [0.25, 0.3) is 0 Å². The Morgan fingerprint density at radius 1 is 1.35 bits per heavy atom. The average Bonchev–Trinajstić information content (AvgIpc) is 2.15. The molecule has 0 aliphatic carbocycles. The van der Waals surface area contributed by atoms with Gasteiger partial charge in [-0.15, -0.1) is 0 Å². The second-order valence-corrected chi connectivity index (χ2v) is 4.12. The Bertz CT molecular complexity index is 359. The van der Waals surface area contributed by atoms with Gasteiger partial charge < -0.3 is 10.6 Å². The van der Waals surface area contributed by atoms with Crippen LogP contribution >= 0.6 is 11.6 Å². The van der Waals surface area contributed by atoms with Gasteiger partial charge in [0.15, 0.2) is 0 Å². The number of rotatable bonds is 4. The van der Waals surface area contributed by atoms with E-state index in [1.165, 1.54) is 6.07 Å². The molecule has 0 heterocycles. The smallest absolute Gasteiger partial charge is 0.397 e.